The molecule has 0 unspecified atom stereocenters. The third-order valence-corrected chi connectivity index (χ3v) is 7.60. The van der Waals surface area contributed by atoms with E-state index in [2.05, 4.69) is 47.1 Å². The number of piperidine rings is 2. The maximum Gasteiger partial charge on any atom is 0.131 e. The van der Waals surface area contributed by atoms with Crippen molar-refractivity contribution in [1.82, 2.24) is 14.8 Å². The second-order valence-electron chi connectivity index (χ2n) is 10.6. The summed E-state index contributed by atoms with van der Waals surface area (Å²) in [5, 5.41) is 1.01. The Morgan fingerprint density at radius 2 is 1.26 bits per heavy atom. The van der Waals surface area contributed by atoms with Crippen LogP contribution in [0.25, 0.3) is 22.2 Å². The van der Waals surface area contributed by atoms with E-state index < -0.39 is 0 Å². The van der Waals surface area contributed by atoms with E-state index >= 15 is 0 Å². The maximum absolute atomic E-state index is 6.45. The average Bonchev–Trinajstić information content (AvgIpc) is 2.97. The first kappa shape index (κ1) is 26.8. The zero-order valence-electron chi connectivity index (χ0n) is 23.0. The number of hydrogen-bond acceptors (Lipinski definition) is 6. The van der Waals surface area contributed by atoms with Crippen molar-refractivity contribution < 1.29 is 14.2 Å². The third-order valence-electron chi connectivity index (χ3n) is 7.60. The van der Waals surface area contributed by atoms with Crippen LogP contribution in [0.3, 0.4) is 0 Å². The van der Waals surface area contributed by atoms with E-state index in [0.717, 1.165) is 65.5 Å². The van der Waals surface area contributed by atoms with Crippen LogP contribution in [0.15, 0.2) is 48.5 Å². The average molecular weight is 518 g/mol. The topological polar surface area (TPSA) is 47.1 Å². The predicted molar refractivity (Wildman–Crippen MR) is 155 cm³/mol. The van der Waals surface area contributed by atoms with E-state index in [1.54, 1.807) is 0 Å². The molecule has 2 saturated heterocycles. The van der Waals surface area contributed by atoms with Gasteiger partial charge in [0.25, 0.3) is 0 Å². The highest BCUT2D eigenvalue weighted by atomic mass is 16.5. The minimum atomic E-state index is 0.669. The number of rotatable bonds is 12. The van der Waals surface area contributed by atoms with Crippen molar-refractivity contribution in [3.8, 4) is 28.5 Å². The van der Waals surface area contributed by atoms with Crippen LogP contribution < -0.4 is 14.2 Å². The van der Waals surface area contributed by atoms with Gasteiger partial charge in [0.2, 0.25) is 0 Å². The zero-order chi connectivity index (χ0) is 26.0. The number of hydrogen-bond donors (Lipinski definition) is 0. The fourth-order valence-corrected chi connectivity index (χ4v) is 5.42. The van der Waals surface area contributed by atoms with Crippen LogP contribution in [0.5, 0.6) is 17.2 Å². The van der Waals surface area contributed by atoms with E-state index in [0.29, 0.717) is 13.2 Å². The summed E-state index contributed by atoms with van der Waals surface area (Å²) >= 11 is 0. The Morgan fingerprint density at radius 1 is 0.658 bits per heavy atom. The van der Waals surface area contributed by atoms with Gasteiger partial charge < -0.3 is 14.2 Å². The number of aromatic nitrogens is 1. The molecule has 3 aromatic rings. The highest BCUT2D eigenvalue weighted by Crippen LogP contribution is 2.33. The molecule has 0 saturated carbocycles. The molecule has 1 aromatic heterocycles. The molecular formula is C32H43N3O3. The van der Waals surface area contributed by atoms with Gasteiger partial charge in [-0.3, -0.25) is 9.80 Å². The van der Waals surface area contributed by atoms with Gasteiger partial charge in [0.1, 0.15) is 30.5 Å². The molecule has 0 atom stereocenters. The summed E-state index contributed by atoms with van der Waals surface area (Å²) in [7, 11) is 0. The van der Waals surface area contributed by atoms with E-state index in [-0.39, 0.29) is 0 Å². The molecular weight excluding hydrogens is 474 g/mol. The monoisotopic (exact) mass is 517 g/mol. The fourth-order valence-electron chi connectivity index (χ4n) is 5.42. The van der Waals surface area contributed by atoms with Gasteiger partial charge in [0.05, 0.1) is 17.8 Å². The number of likely N-dealkylation sites (tertiary alicyclic amines) is 2. The van der Waals surface area contributed by atoms with Crippen molar-refractivity contribution in [3.63, 3.8) is 0 Å². The Hall–Kier alpha value is -2.83. The van der Waals surface area contributed by atoms with Gasteiger partial charge in [-0.15, -0.1) is 0 Å². The summed E-state index contributed by atoms with van der Waals surface area (Å²) in [6.45, 7) is 10.9. The first-order valence-corrected chi connectivity index (χ1v) is 14.7. The van der Waals surface area contributed by atoms with Gasteiger partial charge in [0, 0.05) is 30.1 Å². The Bertz CT molecular complexity index is 1140. The van der Waals surface area contributed by atoms with Gasteiger partial charge in [-0.1, -0.05) is 19.8 Å². The Labute approximate surface area is 227 Å². The SMILES string of the molecule is CCCOc1ccc(-c2cc(OCCN3CCCCC3)c3cc(OCCN4CCCCC4)ccc3n2)cc1. The number of nitrogens with zero attached hydrogens (tertiary/aromatic N) is 3. The molecule has 38 heavy (non-hydrogen) atoms. The van der Waals surface area contributed by atoms with Crippen molar-refractivity contribution in [2.24, 2.45) is 0 Å². The maximum atomic E-state index is 6.45. The lowest BCUT2D eigenvalue weighted by atomic mass is 10.1. The van der Waals surface area contributed by atoms with Crippen molar-refractivity contribution in [1.29, 1.82) is 0 Å². The number of ether oxygens (including phenoxy) is 3. The zero-order valence-corrected chi connectivity index (χ0v) is 23.0. The quantitative estimate of drug-likeness (QED) is 0.276. The van der Waals surface area contributed by atoms with Crippen molar-refractivity contribution >= 4 is 10.9 Å². The molecule has 0 spiro atoms. The number of pyridine rings is 1. The van der Waals surface area contributed by atoms with Gasteiger partial charge in [-0.05, 0) is 101 Å². The minimum absolute atomic E-state index is 0.669. The highest BCUT2D eigenvalue weighted by Gasteiger charge is 2.14. The lowest BCUT2D eigenvalue weighted by Gasteiger charge is -2.26. The van der Waals surface area contributed by atoms with Crippen molar-refractivity contribution in [2.75, 3.05) is 59.1 Å². The lowest BCUT2D eigenvalue weighted by molar-refractivity contribution is 0.183. The third kappa shape index (κ3) is 7.39. The number of benzene rings is 2. The Morgan fingerprint density at radius 3 is 1.92 bits per heavy atom. The molecule has 2 aromatic carbocycles. The summed E-state index contributed by atoms with van der Waals surface area (Å²) in [6.07, 6.45) is 8.88. The summed E-state index contributed by atoms with van der Waals surface area (Å²) < 4.78 is 18.4. The van der Waals surface area contributed by atoms with Crippen LogP contribution >= 0.6 is 0 Å². The molecule has 2 aliphatic rings. The standard InChI is InChI=1S/C32H43N3O3/c1-2-21-36-27-11-9-26(10-12-27)31-25-32(38-23-20-35-17-7-4-8-18-35)29-24-28(13-14-30(29)33-31)37-22-19-34-15-5-3-6-16-34/h9-14,24-25H,2-8,15-23H2,1H3. The van der Waals surface area contributed by atoms with Crippen molar-refractivity contribution in [3.05, 3.63) is 48.5 Å². The molecule has 2 aliphatic heterocycles. The molecule has 0 N–H and O–H groups in total. The van der Waals surface area contributed by atoms with E-state index in [9.17, 15) is 0 Å². The Kier molecular flexibility index (Phi) is 9.73. The molecule has 2 fully saturated rings. The fraction of sp³-hybridized carbons (Fsp3) is 0.531. The summed E-state index contributed by atoms with van der Waals surface area (Å²) in [5.41, 5.74) is 2.88. The van der Waals surface area contributed by atoms with Gasteiger partial charge in [-0.25, -0.2) is 4.98 Å². The second kappa shape index (κ2) is 13.8. The molecule has 0 bridgehead atoms. The van der Waals surface area contributed by atoms with Crippen LogP contribution in [0.1, 0.15) is 51.9 Å². The molecule has 0 radical (unpaired) electrons. The molecule has 0 aliphatic carbocycles. The van der Waals surface area contributed by atoms with Crippen LogP contribution in [0, 0.1) is 0 Å². The summed E-state index contributed by atoms with van der Waals surface area (Å²) in [5.74, 6) is 2.64. The minimum Gasteiger partial charge on any atom is -0.494 e. The lowest BCUT2D eigenvalue weighted by Crippen LogP contribution is -2.33. The number of fused-ring (bicyclic) bond motifs is 1. The molecule has 3 heterocycles. The summed E-state index contributed by atoms with van der Waals surface area (Å²) in [6, 6.07) is 16.5. The molecule has 6 nitrogen and oxygen atoms in total. The smallest absolute Gasteiger partial charge is 0.131 e. The molecule has 204 valence electrons. The highest BCUT2D eigenvalue weighted by molar-refractivity contribution is 5.89. The molecule has 6 heteroatoms. The van der Waals surface area contributed by atoms with E-state index in [4.69, 9.17) is 19.2 Å². The molecule has 5 rings (SSSR count). The van der Waals surface area contributed by atoms with Crippen LogP contribution in [0.2, 0.25) is 0 Å². The first-order chi connectivity index (χ1) is 18.8. The molecule has 0 amide bonds. The van der Waals surface area contributed by atoms with Crippen LogP contribution in [0.4, 0.5) is 0 Å². The van der Waals surface area contributed by atoms with Gasteiger partial charge in [0.15, 0.2) is 0 Å². The Balaban J connectivity index is 1.33. The van der Waals surface area contributed by atoms with Crippen LogP contribution in [-0.2, 0) is 0 Å². The van der Waals surface area contributed by atoms with Gasteiger partial charge in [-0.2, -0.15) is 0 Å². The van der Waals surface area contributed by atoms with Crippen LogP contribution in [-0.4, -0.2) is 73.9 Å². The van der Waals surface area contributed by atoms with Gasteiger partial charge >= 0.3 is 0 Å². The largest absolute Gasteiger partial charge is 0.494 e. The second-order valence-corrected chi connectivity index (χ2v) is 10.6. The van der Waals surface area contributed by atoms with E-state index in [1.807, 2.05) is 18.2 Å². The van der Waals surface area contributed by atoms with Crippen molar-refractivity contribution in [2.45, 2.75) is 51.9 Å². The predicted octanol–water partition coefficient (Wildman–Crippen LogP) is 6.42. The van der Waals surface area contributed by atoms with E-state index in [1.165, 1.54) is 64.7 Å². The first-order valence-electron chi connectivity index (χ1n) is 14.7. The normalized spacial score (nSPS) is 17.0. The summed E-state index contributed by atoms with van der Waals surface area (Å²) in [4.78, 5) is 10.0.